The number of likely N-dealkylation sites (tertiary alicyclic amines) is 1. The molecule has 5 nitrogen and oxygen atoms in total. The molecule has 0 bridgehead atoms. The fourth-order valence-electron chi connectivity index (χ4n) is 5.17. The van der Waals surface area contributed by atoms with Crippen molar-refractivity contribution in [2.75, 3.05) is 25.5 Å². The molecular weight excluding hydrogens is 334 g/mol. The van der Waals surface area contributed by atoms with Crippen molar-refractivity contribution in [1.82, 2.24) is 19.9 Å². The van der Waals surface area contributed by atoms with E-state index in [2.05, 4.69) is 71.5 Å². The number of aromatic nitrogens is 3. The summed E-state index contributed by atoms with van der Waals surface area (Å²) in [6.45, 7) is 3.47. The van der Waals surface area contributed by atoms with E-state index >= 15 is 0 Å². The van der Waals surface area contributed by atoms with Gasteiger partial charge in [0.2, 0.25) is 0 Å². The van der Waals surface area contributed by atoms with Crippen molar-refractivity contribution in [2.45, 2.75) is 31.3 Å². The molecule has 2 atom stereocenters. The molecule has 27 heavy (non-hydrogen) atoms. The van der Waals surface area contributed by atoms with Crippen LogP contribution in [0.25, 0.3) is 16.9 Å². The molecule has 5 heteroatoms. The molecule has 1 aromatic heterocycles. The smallest absolute Gasteiger partial charge is 0.113 e. The Balaban J connectivity index is 1.57. The number of fused-ring (bicyclic) bond motifs is 3. The summed E-state index contributed by atoms with van der Waals surface area (Å²) in [5, 5.41) is 8.78. The van der Waals surface area contributed by atoms with E-state index in [1.54, 1.807) is 0 Å². The van der Waals surface area contributed by atoms with Gasteiger partial charge in [-0.05, 0) is 43.7 Å². The van der Waals surface area contributed by atoms with E-state index in [1.165, 1.54) is 17.7 Å². The van der Waals surface area contributed by atoms with Gasteiger partial charge in [-0.25, -0.2) is 4.68 Å². The number of benzene rings is 2. The van der Waals surface area contributed by atoms with E-state index in [9.17, 15) is 0 Å². The van der Waals surface area contributed by atoms with Gasteiger partial charge in [-0.15, -0.1) is 5.10 Å². The van der Waals surface area contributed by atoms with Gasteiger partial charge in [0.15, 0.2) is 0 Å². The third-order valence-corrected chi connectivity index (χ3v) is 6.54. The molecule has 1 fully saturated rings. The fraction of sp³-hybridized carbons (Fsp3) is 0.364. The monoisotopic (exact) mass is 359 g/mol. The summed E-state index contributed by atoms with van der Waals surface area (Å²) < 4.78 is 1.90. The third kappa shape index (κ3) is 2.28. The number of likely N-dealkylation sites (N-methyl/N-ethyl adjacent to an activating group) is 2. The van der Waals surface area contributed by atoms with E-state index in [0.717, 1.165) is 29.9 Å². The Hall–Kier alpha value is -2.66. The molecule has 0 unspecified atom stereocenters. The maximum absolute atomic E-state index is 4.40. The van der Waals surface area contributed by atoms with E-state index in [1.807, 2.05) is 29.1 Å². The Morgan fingerprint density at radius 2 is 1.93 bits per heavy atom. The Kier molecular flexibility index (Phi) is 3.62. The first-order valence-electron chi connectivity index (χ1n) is 9.70. The number of hydrogen-bond donors (Lipinski definition) is 0. The quantitative estimate of drug-likeness (QED) is 0.715. The van der Waals surface area contributed by atoms with Crippen molar-refractivity contribution in [3.63, 3.8) is 0 Å². The second kappa shape index (κ2) is 5.92. The molecule has 0 aliphatic carbocycles. The van der Waals surface area contributed by atoms with Gasteiger partial charge in [0.05, 0.1) is 18.1 Å². The fourth-order valence-corrected chi connectivity index (χ4v) is 5.17. The highest BCUT2D eigenvalue weighted by Gasteiger charge is 2.54. The van der Waals surface area contributed by atoms with Crippen molar-refractivity contribution in [1.29, 1.82) is 0 Å². The molecule has 0 N–H and O–H groups in total. The van der Waals surface area contributed by atoms with E-state index in [-0.39, 0.29) is 5.41 Å². The van der Waals surface area contributed by atoms with Gasteiger partial charge in [0, 0.05) is 30.3 Å². The van der Waals surface area contributed by atoms with Gasteiger partial charge in [-0.1, -0.05) is 42.5 Å². The SMILES string of the molecule is CC[C@@]12CCN(C)[C@@H]1N(C)c1ccc(-n3cc(-c4ccccc4)nn3)cc12. The van der Waals surface area contributed by atoms with Gasteiger partial charge in [0.25, 0.3) is 0 Å². The van der Waals surface area contributed by atoms with Gasteiger partial charge in [0.1, 0.15) is 5.69 Å². The summed E-state index contributed by atoms with van der Waals surface area (Å²) in [7, 11) is 4.47. The molecule has 0 amide bonds. The summed E-state index contributed by atoms with van der Waals surface area (Å²) >= 11 is 0. The Morgan fingerprint density at radius 3 is 2.70 bits per heavy atom. The molecule has 2 aliphatic heterocycles. The molecule has 0 saturated carbocycles. The van der Waals surface area contributed by atoms with Crippen LogP contribution in [0.4, 0.5) is 5.69 Å². The molecule has 2 aliphatic rings. The van der Waals surface area contributed by atoms with Crippen LogP contribution in [-0.2, 0) is 5.41 Å². The highest BCUT2D eigenvalue weighted by atomic mass is 15.4. The van der Waals surface area contributed by atoms with Crippen LogP contribution in [0.2, 0.25) is 0 Å². The first kappa shape index (κ1) is 16.5. The van der Waals surface area contributed by atoms with Crippen LogP contribution in [0.15, 0.2) is 54.7 Å². The van der Waals surface area contributed by atoms with Crippen LogP contribution in [-0.4, -0.2) is 46.7 Å². The van der Waals surface area contributed by atoms with Gasteiger partial charge < -0.3 is 4.90 Å². The average molecular weight is 359 g/mol. The average Bonchev–Trinajstić information content (AvgIpc) is 3.38. The zero-order chi connectivity index (χ0) is 18.6. The number of rotatable bonds is 3. The minimum atomic E-state index is 0.206. The first-order chi connectivity index (χ1) is 13.1. The summed E-state index contributed by atoms with van der Waals surface area (Å²) in [6, 6.07) is 16.9. The highest BCUT2D eigenvalue weighted by molar-refractivity contribution is 5.67. The maximum atomic E-state index is 4.40. The summed E-state index contributed by atoms with van der Waals surface area (Å²) in [4.78, 5) is 4.94. The van der Waals surface area contributed by atoms with Crippen molar-refractivity contribution in [2.24, 2.45) is 0 Å². The largest absolute Gasteiger partial charge is 0.358 e. The van der Waals surface area contributed by atoms with Crippen molar-refractivity contribution in [3.05, 3.63) is 60.3 Å². The van der Waals surface area contributed by atoms with Gasteiger partial charge >= 0.3 is 0 Å². The molecule has 138 valence electrons. The summed E-state index contributed by atoms with van der Waals surface area (Å²) in [5.41, 5.74) is 6.08. The lowest BCUT2D eigenvalue weighted by atomic mass is 9.77. The second-order valence-electron chi connectivity index (χ2n) is 7.84. The van der Waals surface area contributed by atoms with Crippen molar-refractivity contribution < 1.29 is 0 Å². The standard InChI is InChI=1S/C22H25N5/c1-4-22-12-13-25(2)21(22)26(3)20-11-10-17(14-18(20)22)27-15-19(23-24-27)16-8-6-5-7-9-16/h5-11,14-15,21H,4,12-13H2,1-3H3/t21-,22+/m1/s1. The zero-order valence-corrected chi connectivity index (χ0v) is 16.1. The molecule has 2 aromatic carbocycles. The predicted octanol–water partition coefficient (Wildman–Crippen LogP) is 3.69. The van der Waals surface area contributed by atoms with Gasteiger partial charge in [-0.2, -0.15) is 0 Å². The minimum Gasteiger partial charge on any atom is -0.358 e. The third-order valence-electron chi connectivity index (χ3n) is 6.54. The zero-order valence-electron chi connectivity index (χ0n) is 16.1. The molecular formula is C22H25N5. The van der Waals surface area contributed by atoms with E-state index in [0.29, 0.717) is 6.17 Å². The van der Waals surface area contributed by atoms with Crippen molar-refractivity contribution >= 4 is 5.69 Å². The molecule has 0 radical (unpaired) electrons. The number of nitrogens with zero attached hydrogens (tertiary/aromatic N) is 5. The van der Waals surface area contributed by atoms with Gasteiger partial charge in [-0.3, -0.25) is 4.90 Å². The predicted molar refractivity (Wildman–Crippen MR) is 108 cm³/mol. The molecule has 5 rings (SSSR count). The van der Waals surface area contributed by atoms with Crippen LogP contribution in [0.3, 0.4) is 0 Å². The maximum Gasteiger partial charge on any atom is 0.113 e. The second-order valence-corrected chi connectivity index (χ2v) is 7.84. The first-order valence-corrected chi connectivity index (χ1v) is 9.70. The molecule has 1 saturated heterocycles. The molecule has 3 aromatic rings. The lowest BCUT2D eigenvalue weighted by molar-refractivity contribution is 0.252. The summed E-state index contributed by atoms with van der Waals surface area (Å²) in [5.74, 6) is 0. The van der Waals surface area contributed by atoms with Crippen LogP contribution in [0, 0.1) is 0 Å². The van der Waals surface area contributed by atoms with Crippen LogP contribution in [0.5, 0.6) is 0 Å². The molecule has 0 spiro atoms. The summed E-state index contributed by atoms with van der Waals surface area (Å²) in [6.07, 6.45) is 4.82. The Morgan fingerprint density at radius 1 is 1.11 bits per heavy atom. The normalized spacial score (nSPS) is 24.3. The Bertz CT molecular complexity index is 979. The molecule has 3 heterocycles. The Labute approximate surface area is 160 Å². The van der Waals surface area contributed by atoms with E-state index < -0.39 is 0 Å². The van der Waals surface area contributed by atoms with Crippen LogP contribution >= 0.6 is 0 Å². The van der Waals surface area contributed by atoms with Crippen LogP contribution in [0.1, 0.15) is 25.3 Å². The lowest BCUT2D eigenvalue weighted by Gasteiger charge is -2.34. The highest BCUT2D eigenvalue weighted by Crippen LogP contribution is 2.53. The topological polar surface area (TPSA) is 37.2 Å². The van der Waals surface area contributed by atoms with E-state index in [4.69, 9.17) is 0 Å². The lowest BCUT2D eigenvalue weighted by Crippen LogP contribution is -2.46. The van der Waals surface area contributed by atoms with Crippen molar-refractivity contribution in [3.8, 4) is 16.9 Å². The van der Waals surface area contributed by atoms with Crippen LogP contribution < -0.4 is 4.90 Å². The minimum absolute atomic E-state index is 0.206. The number of hydrogen-bond acceptors (Lipinski definition) is 4. The number of anilines is 1.